The van der Waals surface area contributed by atoms with Gasteiger partial charge >= 0.3 is 0 Å². The van der Waals surface area contributed by atoms with Gasteiger partial charge in [-0.05, 0) is 75.3 Å². The van der Waals surface area contributed by atoms with Crippen LogP contribution in [-0.2, 0) is 16.6 Å². The van der Waals surface area contributed by atoms with Crippen molar-refractivity contribution in [1.29, 1.82) is 0 Å². The molecular formula is C29H40ClNO4. The number of phenols is 1. The lowest BCUT2D eigenvalue weighted by Gasteiger charge is -2.75. The predicted molar refractivity (Wildman–Crippen MR) is 135 cm³/mol. The van der Waals surface area contributed by atoms with Crippen molar-refractivity contribution in [2.45, 2.75) is 101 Å². The highest BCUT2D eigenvalue weighted by molar-refractivity contribution is 6.31. The summed E-state index contributed by atoms with van der Waals surface area (Å²) in [6, 6.07) is 2.06. The Balaban J connectivity index is 1.49. The fourth-order valence-electron chi connectivity index (χ4n) is 9.62. The van der Waals surface area contributed by atoms with Crippen LogP contribution in [0.15, 0.2) is 6.07 Å². The van der Waals surface area contributed by atoms with E-state index in [1.54, 1.807) is 6.07 Å². The first-order valence-corrected chi connectivity index (χ1v) is 14.0. The predicted octanol–water partition coefficient (Wildman–Crippen LogP) is 5.07. The quantitative estimate of drug-likeness (QED) is 0.603. The van der Waals surface area contributed by atoms with Gasteiger partial charge in [-0.25, -0.2) is 0 Å². The van der Waals surface area contributed by atoms with E-state index in [0.717, 1.165) is 44.6 Å². The number of ether oxygens (including phenoxy) is 2. The summed E-state index contributed by atoms with van der Waals surface area (Å²) in [6.45, 7) is 10.7. The summed E-state index contributed by atoms with van der Waals surface area (Å²) in [5.41, 5.74) is 0.215. The van der Waals surface area contributed by atoms with Crippen LogP contribution in [0.1, 0.15) is 77.3 Å². The minimum Gasteiger partial charge on any atom is -0.504 e. The first-order valence-electron chi connectivity index (χ1n) is 13.7. The van der Waals surface area contributed by atoms with Gasteiger partial charge in [0.2, 0.25) is 0 Å². The molecule has 1 aromatic rings. The molecule has 2 aliphatic heterocycles. The molecule has 4 bridgehead atoms. The van der Waals surface area contributed by atoms with E-state index in [4.69, 9.17) is 21.1 Å². The van der Waals surface area contributed by atoms with E-state index in [9.17, 15) is 10.2 Å². The number of rotatable bonds is 4. The number of hydrogen-bond donors (Lipinski definition) is 2. The van der Waals surface area contributed by atoms with Gasteiger partial charge < -0.3 is 19.7 Å². The minimum absolute atomic E-state index is 0.0274. The van der Waals surface area contributed by atoms with Crippen LogP contribution in [0.2, 0.25) is 5.02 Å². The Labute approximate surface area is 214 Å². The second-order valence-corrected chi connectivity index (χ2v) is 14.3. The number of hydrogen-bond acceptors (Lipinski definition) is 5. The molecule has 35 heavy (non-hydrogen) atoms. The number of piperidine rings is 1. The maximum Gasteiger partial charge on any atom is 0.165 e. The van der Waals surface area contributed by atoms with E-state index in [0.29, 0.717) is 16.8 Å². The average molecular weight is 502 g/mol. The number of aromatic hydroxyl groups is 1. The number of benzene rings is 1. The number of halogens is 1. The summed E-state index contributed by atoms with van der Waals surface area (Å²) in [6.07, 6.45) is 7.21. The van der Waals surface area contributed by atoms with Gasteiger partial charge in [-0.2, -0.15) is 0 Å². The second-order valence-electron chi connectivity index (χ2n) is 13.9. The molecule has 6 heteroatoms. The number of fused-ring (bicyclic) bond motifs is 2. The molecule has 5 nitrogen and oxygen atoms in total. The maximum absolute atomic E-state index is 12.2. The Morgan fingerprint density at radius 2 is 1.94 bits per heavy atom. The first-order chi connectivity index (χ1) is 16.4. The summed E-state index contributed by atoms with van der Waals surface area (Å²) in [5, 5.41) is 23.9. The Morgan fingerprint density at radius 3 is 2.60 bits per heavy atom. The van der Waals surface area contributed by atoms with Crippen LogP contribution in [0.25, 0.3) is 0 Å². The van der Waals surface area contributed by atoms with Gasteiger partial charge in [0.05, 0.1) is 5.60 Å². The summed E-state index contributed by atoms with van der Waals surface area (Å²) in [5.74, 6) is 1.54. The third-order valence-corrected chi connectivity index (χ3v) is 12.3. The molecule has 2 spiro atoms. The fourth-order valence-corrected chi connectivity index (χ4v) is 9.90. The molecule has 7 atom stereocenters. The molecule has 0 unspecified atom stereocenters. The lowest BCUT2D eigenvalue weighted by Crippen LogP contribution is -2.83. The van der Waals surface area contributed by atoms with Crippen molar-refractivity contribution in [2.24, 2.45) is 22.7 Å². The van der Waals surface area contributed by atoms with Crippen LogP contribution in [0.5, 0.6) is 11.5 Å². The van der Waals surface area contributed by atoms with Crippen LogP contribution in [0, 0.1) is 22.7 Å². The van der Waals surface area contributed by atoms with E-state index in [1.165, 1.54) is 30.5 Å². The monoisotopic (exact) mass is 501 g/mol. The van der Waals surface area contributed by atoms with Crippen molar-refractivity contribution in [3.05, 3.63) is 22.2 Å². The van der Waals surface area contributed by atoms with Crippen molar-refractivity contribution < 1.29 is 19.7 Å². The van der Waals surface area contributed by atoms with Crippen molar-refractivity contribution in [3.63, 3.8) is 0 Å². The van der Waals surface area contributed by atoms with E-state index < -0.39 is 11.2 Å². The molecule has 5 fully saturated rings. The van der Waals surface area contributed by atoms with Crippen LogP contribution >= 0.6 is 11.6 Å². The largest absolute Gasteiger partial charge is 0.504 e. The molecule has 1 aromatic carbocycles. The van der Waals surface area contributed by atoms with Gasteiger partial charge in [0.15, 0.2) is 11.5 Å². The molecule has 0 aromatic heterocycles. The number of methoxy groups -OCH3 is 1. The van der Waals surface area contributed by atoms with Crippen LogP contribution in [0.4, 0.5) is 0 Å². The maximum atomic E-state index is 12.2. The van der Waals surface area contributed by atoms with E-state index in [1.807, 2.05) is 14.0 Å². The Kier molecular flexibility index (Phi) is 4.43. The molecule has 4 saturated carbocycles. The molecule has 2 N–H and O–H groups in total. The van der Waals surface area contributed by atoms with Gasteiger partial charge in [0.25, 0.3) is 0 Å². The van der Waals surface area contributed by atoms with Gasteiger partial charge in [-0.3, -0.25) is 4.90 Å². The molecule has 7 aliphatic rings. The molecule has 192 valence electrons. The van der Waals surface area contributed by atoms with E-state index in [-0.39, 0.29) is 34.0 Å². The van der Waals surface area contributed by atoms with Crippen molar-refractivity contribution in [2.75, 3.05) is 20.2 Å². The highest BCUT2D eigenvalue weighted by Crippen LogP contribution is 2.78. The summed E-state index contributed by atoms with van der Waals surface area (Å²) >= 11 is 6.87. The highest BCUT2D eigenvalue weighted by Gasteiger charge is 2.82. The SMILES string of the molecule is CO[C@]12CC[C@@]3(C[C@@H]1[C@](C)(O)C(C)(C)C)[C@H]1Cc4c(Cl)cc(O)c5c4[C@@]3(CCN1CC1CC1)[C@H]2O5. The number of aliphatic hydroxyl groups is 1. The number of likely N-dealkylation sites (tertiary alicyclic amines) is 1. The van der Waals surface area contributed by atoms with Crippen molar-refractivity contribution in [1.82, 2.24) is 4.90 Å². The zero-order valence-electron chi connectivity index (χ0n) is 21.8. The summed E-state index contributed by atoms with van der Waals surface area (Å²) in [7, 11) is 1.81. The number of nitrogens with zero attached hydrogens (tertiary/aromatic N) is 1. The second kappa shape index (κ2) is 6.70. The fraction of sp³-hybridized carbons (Fsp3) is 0.793. The standard InChI is InChI=1S/C29H40ClNO4/c1-25(2,3)26(4,33)20-14-27-8-9-29(20,34-5)24-28(27)10-11-31(15-16-6-7-16)21(27)12-17-18(30)13-19(32)23(35-24)22(17)28/h13,16,20-21,24,32-33H,6-12,14-15H2,1-5H3/t20-,21-,24-,26+,27-,28+,29-/m1/s1. The molecule has 8 rings (SSSR count). The van der Waals surface area contributed by atoms with Gasteiger partial charge in [0, 0.05) is 53.1 Å². The molecule has 1 saturated heterocycles. The smallest absolute Gasteiger partial charge is 0.165 e. The van der Waals surface area contributed by atoms with Gasteiger partial charge in [0.1, 0.15) is 11.7 Å². The lowest BCUT2D eigenvalue weighted by atomic mass is 9.33. The molecular weight excluding hydrogens is 462 g/mol. The highest BCUT2D eigenvalue weighted by atomic mass is 35.5. The molecule has 5 aliphatic carbocycles. The topological polar surface area (TPSA) is 62.2 Å². The number of phenolic OH excluding ortho intramolecular Hbond substituents is 1. The Hall–Kier alpha value is -1.01. The minimum atomic E-state index is -0.939. The van der Waals surface area contributed by atoms with Gasteiger partial charge in [-0.1, -0.05) is 32.4 Å². The zero-order valence-corrected chi connectivity index (χ0v) is 22.5. The molecule has 0 amide bonds. The van der Waals surface area contributed by atoms with Crippen molar-refractivity contribution >= 4 is 11.6 Å². The third-order valence-electron chi connectivity index (χ3n) is 11.9. The van der Waals surface area contributed by atoms with Crippen LogP contribution < -0.4 is 4.74 Å². The normalized spacial score (nSPS) is 43.0. The Bertz CT molecular complexity index is 1110. The summed E-state index contributed by atoms with van der Waals surface area (Å²) in [4.78, 5) is 2.78. The first kappa shape index (κ1) is 23.1. The Morgan fingerprint density at radius 1 is 1.20 bits per heavy atom. The van der Waals surface area contributed by atoms with Crippen LogP contribution in [0.3, 0.4) is 0 Å². The average Bonchev–Trinajstić information content (AvgIpc) is 3.54. The molecule has 0 radical (unpaired) electrons. The van der Waals surface area contributed by atoms with Crippen LogP contribution in [-0.4, -0.2) is 58.7 Å². The lowest BCUT2D eigenvalue weighted by molar-refractivity contribution is -0.312. The van der Waals surface area contributed by atoms with Crippen molar-refractivity contribution in [3.8, 4) is 11.5 Å². The van der Waals surface area contributed by atoms with E-state index >= 15 is 0 Å². The summed E-state index contributed by atoms with van der Waals surface area (Å²) < 4.78 is 13.4. The zero-order chi connectivity index (χ0) is 24.8. The van der Waals surface area contributed by atoms with Gasteiger partial charge in [-0.15, -0.1) is 0 Å². The van der Waals surface area contributed by atoms with E-state index in [2.05, 4.69) is 25.7 Å². The molecule has 2 heterocycles. The third kappa shape index (κ3) is 2.48.